The maximum atomic E-state index is 15.2. The average Bonchev–Trinajstić information content (AvgIpc) is 3.35. The fourth-order valence-electron chi connectivity index (χ4n) is 3.70. The Morgan fingerprint density at radius 2 is 1.95 bits per heavy atom. The van der Waals surface area contributed by atoms with Crippen molar-refractivity contribution in [1.82, 2.24) is 15.8 Å². The van der Waals surface area contributed by atoms with Gasteiger partial charge in [-0.1, -0.05) is 40.5 Å². The molecule has 1 aromatic heterocycles. The third-order valence-electron chi connectivity index (χ3n) is 5.63. The normalized spacial score (nSPS) is 15.1. The molecule has 1 fully saturated rings. The van der Waals surface area contributed by atoms with Crippen molar-refractivity contribution in [3.05, 3.63) is 69.8 Å². The highest BCUT2D eigenvalue weighted by molar-refractivity contribution is 6.36. The number of aromatic nitrogens is 1. The van der Waals surface area contributed by atoms with Crippen LogP contribution in [0.5, 0.6) is 5.75 Å². The first kappa shape index (κ1) is 26.8. The molecular formula is C24H20Cl2F3N3O5. The van der Waals surface area contributed by atoms with Crippen molar-refractivity contribution >= 4 is 35.0 Å². The Morgan fingerprint density at radius 3 is 2.54 bits per heavy atom. The zero-order valence-electron chi connectivity index (χ0n) is 19.2. The maximum absolute atomic E-state index is 15.2. The van der Waals surface area contributed by atoms with Gasteiger partial charge in [0.2, 0.25) is 5.76 Å². The van der Waals surface area contributed by atoms with Gasteiger partial charge in [0.25, 0.3) is 18.2 Å². The number of carbonyl (C=O) groups excluding carboxylic acids is 2. The number of carbonyl (C=O) groups is 2. The van der Waals surface area contributed by atoms with E-state index in [9.17, 15) is 18.4 Å². The molecule has 1 aliphatic heterocycles. The van der Waals surface area contributed by atoms with Crippen LogP contribution in [0, 0.1) is 5.82 Å². The van der Waals surface area contributed by atoms with Crippen LogP contribution in [0.3, 0.4) is 0 Å². The molecular weight excluding hydrogens is 538 g/mol. The molecule has 1 atom stereocenters. The van der Waals surface area contributed by atoms with Crippen LogP contribution in [0.15, 0.2) is 47.1 Å². The maximum Gasteiger partial charge on any atom is 0.290 e. The molecule has 2 aromatic carbocycles. The number of nitrogens with zero attached hydrogens (tertiary/aromatic N) is 1. The number of halogens is 5. The highest BCUT2D eigenvalue weighted by Crippen LogP contribution is 2.40. The van der Waals surface area contributed by atoms with Crippen molar-refractivity contribution in [2.45, 2.75) is 24.9 Å². The smallest absolute Gasteiger partial charge is 0.290 e. The Kier molecular flexibility index (Phi) is 7.96. The second kappa shape index (κ2) is 11.0. The van der Waals surface area contributed by atoms with Crippen molar-refractivity contribution in [2.24, 2.45) is 0 Å². The van der Waals surface area contributed by atoms with Crippen LogP contribution in [-0.4, -0.2) is 48.8 Å². The van der Waals surface area contributed by atoms with Gasteiger partial charge in [0, 0.05) is 22.2 Å². The molecule has 0 saturated carbocycles. The SMILES string of the molecule is C[C@@H](NC(=O)C1(NC(=O)c2ccno2)COC1)c1ccc(-c2cc(Cl)cc(Cl)c2OCC(F)F)cc1F. The second-order valence-corrected chi connectivity index (χ2v) is 9.15. The van der Waals surface area contributed by atoms with E-state index in [-0.39, 0.29) is 51.5 Å². The molecule has 2 amide bonds. The van der Waals surface area contributed by atoms with E-state index < -0.39 is 42.2 Å². The Morgan fingerprint density at radius 1 is 1.19 bits per heavy atom. The van der Waals surface area contributed by atoms with Crippen LogP contribution >= 0.6 is 23.2 Å². The lowest BCUT2D eigenvalue weighted by Gasteiger charge is -2.40. The van der Waals surface area contributed by atoms with Crippen molar-refractivity contribution in [3.8, 4) is 16.9 Å². The highest BCUT2D eigenvalue weighted by atomic mass is 35.5. The lowest BCUT2D eigenvalue weighted by Crippen LogP contribution is -2.70. The molecule has 0 spiro atoms. The monoisotopic (exact) mass is 557 g/mol. The summed E-state index contributed by atoms with van der Waals surface area (Å²) in [5.41, 5.74) is -0.724. The number of alkyl halides is 2. The Balaban J connectivity index is 1.52. The number of hydrogen-bond acceptors (Lipinski definition) is 6. The first-order valence-corrected chi connectivity index (χ1v) is 11.7. The van der Waals surface area contributed by atoms with E-state index in [4.69, 9.17) is 37.2 Å². The molecule has 37 heavy (non-hydrogen) atoms. The Labute approximate surface area is 219 Å². The van der Waals surface area contributed by atoms with E-state index in [1.165, 1.54) is 36.5 Å². The first-order valence-electron chi connectivity index (χ1n) is 10.9. The molecule has 4 rings (SSSR count). The van der Waals surface area contributed by atoms with E-state index >= 15 is 4.39 Å². The van der Waals surface area contributed by atoms with Crippen LogP contribution in [0.1, 0.15) is 29.1 Å². The quantitative estimate of drug-likeness (QED) is 0.391. The number of benzene rings is 2. The molecule has 13 heteroatoms. The van der Waals surface area contributed by atoms with E-state index in [0.29, 0.717) is 0 Å². The highest BCUT2D eigenvalue weighted by Gasteiger charge is 2.48. The minimum Gasteiger partial charge on any atom is -0.485 e. The van der Waals surface area contributed by atoms with Gasteiger partial charge in [-0.25, -0.2) is 13.2 Å². The van der Waals surface area contributed by atoms with Gasteiger partial charge in [-0.05, 0) is 30.7 Å². The van der Waals surface area contributed by atoms with Crippen LogP contribution in [0.4, 0.5) is 13.2 Å². The molecule has 3 aromatic rings. The lowest BCUT2D eigenvalue weighted by atomic mass is 9.94. The molecule has 0 bridgehead atoms. The topological polar surface area (TPSA) is 103 Å². The summed E-state index contributed by atoms with van der Waals surface area (Å²) in [7, 11) is 0. The molecule has 2 heterocycles. The van der Waals surface area contributed by atoms with Crippen LogP contribution in [-0.2, 0) is 9.53 Å². The number of hydrogen-bond donors (Lipinski definition) is 2. The van der Waals surface area contributed by atoms with Crippen molar-refractivity contribution in [3.63, 3.8) is 0 Å². The number of ether oxygens (including phenoxy) is 2. The zero-order valence-corrected chi connectivity index (χ0v) is 20.7. The fourth-order valence-corrected chi connectivity index (χ4v) is 4.25. The Bertz CT molecular complexity index is 1300. The fraction of sp³-hybridized carbons (Fsp3) is 0.292. The minimum atomic E-state index is -2.74. The molecule has 1 saturated heterocycles. The molecule has 0 aliphatic carbocycles. The summed E-state index contributed by atoms with van der Waals surface area (Å²) >= 11 is 12.2. The number of amides is 2. The summed E-state index contributed by atoms with van der Waals surface area (Å²) in [5, 5.41) is 8.91. The van der Waals surface area contributed by atoms with Crippen LogP contribution < -0.4 is 15.4 Å². The summed E-state index contributed by atoms with van der Waals surface area (Å²) in [6.45, 7) is 0.499. The zero-order chi connectivity index (χ0) is 26.7. The number of nitrogens with one attached hydrogen (secondary N) is 2. The van der Waals surface area contributed by atoms with Gasteiger partial charge in [-0.15, -0.1) is 0 Å². The summed E-state index contributed by atoms with van der Waals surface area (Å²) in [4.78, 5) is 25.3. The van der Waals surface area contributed by atoms with E-state index in [0.717, 1.165) is 6.07 Å². The Hall–Kier alpha value is -3.28. The predicted octanol–water partition coefficient (Wildman–Crippen LogP) is 4.81. The summed E-state index contributed by atoms with van der Waals surface area (Å²) in [6, 6.07) is 7.39. The van der Waals surface area contributed by atoms with Gasteiger partial charge in [0.1, 0.15) is 18.2 Å². The summed E-state index contributed by atoms with van der Waals surface area (Å²) in [5.74, 6) is -2.05. The lowest BCUT2D eigenvalue weighted by molar-refractivity contribution is -0.147. The molecule has 8 nitrogen and oxygen atoms in total. The molecule has 0 unspecified atom stereocenters. The summed E-state index contributed by atoms with van der Waals surface area (Å²) < 4.78 is 55.7. The van der Waals surface area contributed by atoms with E-state index in [1.54, 1.807) is 6.92 Å². The molecule has 196 valence electrons. The van der Waals surface area contributed by atoms with E-state index in [2.05, 4.69) is 15.8 Å². The van der Waals surface area contributed by atoms with Gasteiger partial charge < -0.3 is 24.6 Å². The summed E-state index contributed by atoms with van der Waals surface area (Å²) in [6.07, 6.45) is -1.45. The molecule has 1 aliphatic rings. The third kappa shape index (κ3) is 5.84. The van der Waals surface area contributed by atoms with Crippen molar-refractivity contribution in [2.75, 3.05) is 19.8 Å². The van der Waals surface area contributed by atoms with Gasteiger partial charge in [-0.2, -0.15) is 0 Å². The largest absolute Gasteiger partial charge is 0.485 e. The van der Waals surface area contributed by atoms with Crippen molar-refractivity contribution in [1.29, 1.82) is 0 Å². The van der Waals surface area contributed by atoms with E-state index in [1.807, 2.05) is 0 Å². The minimum absolute atomic E-state index is 0.00587. The van der Waals surface area contributed by atoms with Crippen LogP contribution in [0.2, 0.25) is 10.0 Å². The average molecular weight is 558 g/mol. The van der Waals surface area contributed by atoms with Crippen molar-refractivity contribution < 1.29 is 36.8 Å². The van der Waals surface area contributed by atoms with Gasteiger partial charge >= 0.3 is 0 Å². The number of rotatable bonds is 9. The second-order valence-electron chi connectivity index (χ2n) is 8.30. The third-order valence-corrected chi connectivity index (χ3v) is 6.13. The molecule has 2 N–H and O–H groups in total. The van der Waals surface area contributed by atoms with Gasteiger partial charge in [0.05, 0.1) is 30.5 Å². The first-order chi connectivity index (χ1) is 17.6. The molecule has 0 radical (unpaired) electrons. The van der Waals surface area contributed by atoms with Gasteiger partial charge in [-0.3, -0.25) is 9.59 Å². The standard InChI is InChI=1S/C24H20Cl2F3N3O5/c1-12(31-23(34)24(10-35-11-24)32-22(33)19-4-5-30-37-19)15-3-2-13(6-18(15)27)16-7-14(25)8-17(26)21(16)36-9-20(28)29/h2-8,12,20H,9-11H2,1H3,(H,31,34)(H,32,33)/t12-/m1/s1. The van der Waals surface area contributed by atoms with Gasteiger partial charge in [0.15, 0.2) is 5.54 Å². The van der Waals surface area contributed by atoms with Crippen LogP contribution in [0.25, 0.3) is 11.1 Å². The predicted molar refractivity (Wildman–Crippen MR) is 127 cm³/mol.